The Balaban J connectivity index is 1.95. The summed E-state index contributed by atoms with van der Waals surface area (Å²) in [4.78, 5) is 25.1. The predicted molar refractivity (Wildman–Crippen MR) is 82.3 cm³/mol. The van der Waals surface area contributed by atoms with Gasteiger partial charge >= 0.3 is 0 Å². The number of benzene rings is 1. The third kappa shape index (κ3) is 2.32. The van der Waals surface area contributed by atoms with E-state index in [2.05, 4.69) is 5.32 Å². The van der Waals surface area contributed by atoms with Crippen LogP contribution in [-0.4, -0.2) is 34.4 Å². The van der Waals surface area contributed by atoms with Crippen LogP contribution in [0.1, 0.15) is 22.3 Å². The Morgan fingerprint density at radius 2 is 2.27 bits per heavy atom. The van der Waals surface area contributed by atoms with Gasteiger partial charge in [-0.15, -0.1) is 0 Å². The van der Waals surface area contributed by atoms with Gasteiger partial charge in [-0.2, -0.15) is 0 Å². The maximum atomic E-state index is 12.7. The molecular formula is C16H17N3O3. The van der Waals surface area contributed by atoms with E-state index >= 15 is 0 Å². The average Bonchev–Trinajstić information content (AvgIpc) is 2.84. The number of hydrogen-bond donors (Lipinski definition) is 3. The first kappa shape index (κ1) is 14.2. The van der Waals surface area contributed by atoms with Crippen LogP contribution < -0.4 is 11.1 Å². The topological polar surface area (TPSA) is 95.7 Å². The lowest BCUT2D eigenvalue weighted by Crippen LogP contribution is -2.34. The summed E-state index contributed by atoms with van der Waals surface area (Å²) in [7, 11) is 0. The maximum Gasteiger partial charge on any atom is 0.260 e. The number of nitrogens with two attached hydrogens (primary N) is 1. The highest BCUT2D eigenvalue weighted by Gasteiger charge is 2.34. The van der Waals surface area contributed by atoms with Crippen LogP contribution in [0.2, 0.25) is 0 Å². The summed E-state index contributed by atoms with van der Waals surface area (Å²) in [5.74, 6) is -0.564. The van der Waals surface area contributed by atoms with Gasteiger partial charge in [0.2, 0.25) is 5.91 Å². The zero-order chi connectivity index (χ0) is 15.9. The van der Waals surface area contributed by atoms with Gasteiger partial charge in [-0.1, -0.05) is 12.1 Å². The van der Waals surface area contributed by atoms with E-state index < -0.39 is 5.91 Å². The number of fused-ring (bicyclic) bond motifs is 2. The molecule has 2 amide bonds. The molecule has 1 aromatic carbocycles. The van der Waals surface area contributed by atoms with E-state index in [1.54, 1.807) is 36.2 Å². The van der Waals surface area contributed by atoms with Gasteiger partial charge in [0, 0.05) is 18.8 Å². The van der Waals surface area contributed by atoms with E-state index in [4.69, 9.17) is 5.73 Å². The third-order valence-corrected chi connectivity index (χ3v) is 3.99. The van der Waals surface area contributed by atoms with Crippen LogP contribution in [0.4, 0.5) is 5.69 Å². The zero-order valence-electron chi connectivity index (χ0n) is 12.2. The van der Waals surface area contributed by atoms with Crippen molar-refractivity contribution in [3.05, 3.63) is 47.2 Å². The molecular weight excluding hydrogens is 282 g/mol. The summed E-state index contributed by atoms with van der Waals surface area (Å²) < 4.78 is 0. The van der Waals surface area contributed by atoms with E-state index in [0.29, 0.717) is 24.2 Å². The Bertz CT molecular complexity index is 722. The number of nitrogens with zero attached hydrogens (tertiary/aromatic N) is 1. The van der Waals surface area contributed by atoms with Crippen LogP contribution in [0.3, 0.4) is 0 Å². The van der Waals surface area contributed by atoms with Crippen molar-refractivity contribution < 1.29 is 14.7 Å². The lowest BCUT2D eigenvalue weighted by Gasteiger charge is -2.20. The van der Waals surface area contributed by atoms with E-state index in [9.17, 15) is 14.7 Å². The van der Waals surface area contributed by atoms with Crippen LogP contribution in [0, 0.1) is 6.92 Å². The molecule has 1 atom stereocenters. The molecule has 0 saturated heterocycles. The summed E-state index contributed by atoms with van der Waals surface area (Å²) >= 11 is 0. The number of allylic oxidation sites excluding steroid dienone is 1. The first-order valence-electron chi connectivity index (χ1n) is 7.04. The number of carbonyl (C=O) groups excluding carboxylic acids is 2. The van der Waals surface area contributed by atoms with Crippen molar-refractivity contribution in [2.75, 3.05) is 11.9 Å². The number of aromatic hydroxyl groups is 1. The first-order chi connectivity index (χ1) is 10.5. The van der Waals surface area contributed by atoms with Crippen molar-refractivity contribution in [2.24, 2.45) is 5.73 Å². The van der Waals surface area contributed by atoms with Crippen LogP contribution >= 0.6 is 0 Å². The quantitative estimate of drug-likeness (QED) is 0.566. The molecule has 2 aliphatic heterocycles. The van der Waals surface area contributed by atoms with Crippen molar-refractivity contribution in [2.45, 2.75) is 19.4 Å². The van der Waals surface area contributed by atoms with Crippen molar-refractivity contribution in [1.29, 1.82) is 0 Å². The molecule has 0 aromatic heterocycles. The second kappa shape index (κ2) is 5.22. The highest BCUT2D eigenvalue weighted by Crippen LogP contribution is 2.36. The van der Waals surface area contributed by atoms with Crippen LogP contribution in [0.15, 0.2) is 36.1 Å². The number of phenols is 1. The summed E-state index contributed by atoms with van der Waals surface area (Å²) in [5.41, 5.74) is 7.62. The normalized spacial score (nSPS) is 20.2. The fourth-order valence-corrected chi connectivity index (χ4v) is 2.81. The molecule has 0 spiro atoms. The molecule has 0 saturated carbocycles. The van der Waals surface area contributed by atoms with Crippen molar-refractivity contribution in [3.63, 3.8) is 0 Å². The number of rotatable bonds is 2. The zero-order valence-corrected chi connectivity index (χ0v) is 12.2. The Morgan fingerprint density at radius 1 is 1.50 bits per heavy atom. The molecule has 0 aliphatic carbocycles. The Hall–Kier alpha value is -2.76. The van der Waals surface area contributed by atoms with E-state index in [-0.39, 0.29) is 17.7 Å². The number of aryl methyl sites for hydroxylation is 1. The molecule has 0 bridgehead atoms. The number of amides is 2. The SMILES string of the molecule is Cc1ccc2c(c1O)NCC1CC(/C=C/C(N)=O)=CN1C2=O. The standard InChI is InChI=1S/C16H17N3O3/c1-9-2-4-12-14(15(9)21)18-7-11-6-10(3-5-13(17)20)8-19(11)16(12)22/h2-5,8,11,18,21H,6-7H2,1H3,(H2,17,20)/b5-3+. The van der Waals surface area contributed by atoms with Gasteiger partial charge in [-0.3, -0.25) is 9.59 Å². The molecule has 4 N–H and O–H groups in total. The summed E-state index contributed by atoms with van der Waals surface area (Å²) in [5, 5.41) is 13.3. The fourth-order valence-electron chi connectivity index (χ4n) is 2.81. The number of primary amides is 1. The minimum absolute atomic E-state index is 0.0490. The minimum atomic E-state index is -0.516. The van der Waals surface area contributed by atoms with Gasteiger partial charge in [-0.05, 0) is 30.5 Å². The molecule has 1 aromatic rings. The van der Waals surface area contributed by atoms with Gasteiger partial charge in [0.25, 0.3) is 5.91 Å². The number of hydrogen-bond acceptors (Lipinski definition) is 4. The fraction of sp³-hybridized carbons (Fsp3) is 0.250. The molecule has 2 heterocycles. The lowest BCUT2D eigenvalue weighted by molar-refractivity contribution is -0.113. The first-order valence-corrected chi connectivity index (χ1v) is 7.04. The number of phenolic OH excluding ortho intramolecular Hbond substituents is 1. The Morgan fingerprint density at radius 3 is 3.00 bits per heavy atom. The van der Waals surface area contributed by atoms with E-state index in [1.807, 2.05) is 0 Å². The average molecular weight is 299 g/mol. The smallest absolute Gasteiger partial charge is 0.260 e. The monoisotopic (exact) mass is 299 g/mol. The molecule has 114 valence electrons. The molecule has 2 aliphatic rings. The van der Waals surface area contributed by atoms with Gasteiger partial charge in [0.05, 0.1) is 17.3 Å². The number of anilines is 1. The second-order valence-corrected chi connectivity index (χ2v) is 5.54. The molecule has 3 rings (SSSR count). The maximum absolute atomic E-state index is 12.7. The van der Waals surface area contributed by atoms with Crippen molar-refractivity contribution in [3.8, 4) is 5.75 Å². The molecule has 0 fully saturated rings. The lowest BCUT2D eigenvalue weighted by atomic mass is 10.1. The second-order valence-electron chi connectivity index (χ2n) is 5.54. The summed E-state index contributed by atoms with van der Waals surface area (Å²) in [6.07, 6.45) is 5.30. The third-order valence-electron chi connectivity index (χ3n) is 3.99. The van der Waals surface area contributed by atoms with E-state index in [0.717, 1.165) is 11.1 Å². The van der Waals surface area contributed by atoms with Gasteiger partial charge in [0.15, 0.2) is 0 Å². The summed E-state index contributed by atoms with van der Waals surface area (Å²) in [6, 6.07) is 3.39. The van der Waals surface area contributed by atoms with E-state index in [1.165, 1.54) is 6.08 Å². The Kier molecular flexibility index (Phi) is 3.36. The predicted octanol–water partition coefficient (Wildman–Crippen LogP) is 1.27. The minimum Gasteiger partial charge on any atom is -0.505 e. The van der Waals surface area contributed by atoms with Crippen LogP contribution in [0.5, 0.6) is 5.75 Å². The molecule has 0 radical (unpaired) electrons. The van der Waals surface area contributed by atoms with Gasteiger partial charge in [0.1, 0.15) is 5.75 Å². The molecule has 6 heteroatoms. The van der Waals surface area contributed by atoms with Crippen molar-refractivity contribution in [1.82, 2.24) is 4.90 Å². The highest BCUT2D eigenvalue weighted by atomic mass is 16.3. The van der Waals surface area contributed by atoms with Gasteiger partial charge in [-0.25, -0.2) is 0 Å². The van der Waals surface area contributed by atoms with Crippen LogP contribution in [0.25, 0.3) is 0 Å². The van der Waals surface area contributed by atoms with Crippen molar-refractivity contribution >= 4 is 17.5 Å². The van der Waals surface area contributed by atoms with Gasteiger partial charge < -0.3 is 21.1 Å². The molecule has 1 unspecified atom stereocenters. The Labute approximate surface area is 127 Å². The summed E-state index contributed by atoms with van der Waals surface area (Å²) in [6.45, 7) is 2.32. The molecule has 6 nitrogen and oxygen atoms in total. The number of nitrogens with one attached hydrogen (secondary N) is 1. The highest BCUT2D eigenvalue weighted by molar-refractivity contribution is 6.03. The largest absolute Gasteiger partial charge is 0.505 e. The number of carbonyl (C=O) groups is 2. The van der Waals surface area contributed by atoms with Crippen LogP contribution in [-0.2, 0) is 4.79 Å². The molecule has 22 heavy (non-hydrogen) atoms.